The summed E-state index contributed by atoms with van der Waals surface area (Å²) in [6, 6.07) is 10.3. The van der Waals surface area contributed by atoms with Gasteiger partial charge in [-0.2, -0.15) is 0 Å². The zero-order valence-corrected chi connectivity index (χ0v) is 13.8. The number of rotatable bonds is 5. The molecular weight excluding hydrogens is 337 g/mol. The number of hydrogen-bond acceptors (Lipinski definition) is 4. The van der Waals surface area contributed by atoms with Gasteiger partial charge in [-0.05, 0) is 37.3 Å². The average molecular weight is 352 g/mol. The molecule has 0 aliphatic rings. The Balaban J connectivity index is 2.02. The number of methoxy groups -OCH3 is 1. The van der Waals surface area contributed by atoms with E-state index in [0.717, 1.165) is 6.07 Å². The van der Waals surface area contributed by atoms with Crippen LogP contribution in [-0.2, 0) is 9.53 Å². The Morgan fingerprint density at radius 1 is 1.21 bits per heavy atom. The van der Waals surface area contributed by atoms with Crippen molar-refractivity contribution in [3.05, 3.63) is 58.9 Å². The minimum atomic E-state index is -1.08. The lowest BCUT2D eigenvalue weighted by atomic mass is 10.2. The van der Waals surface area contributed by atoms with E-state index in [1.54, 1.807) is 24.3 Å². The Bertz CT molecular complexity index is 766. The van der Waals surface area contributed by atoms with Crippen LogP contribution in [0, 0.1) is 5.82 Å². The second-order valence-electron chi connectivity index (χ2n) is 4.87. The van der Waals surface area contributed by atoms with Gasteiger partial charge in [-0.1, -0.05) is 23.7 Å². The zero-order chi connectivity index (χ0) is 17.7. The highest BCUT2D eigenvalue weighted by Crippen LogP contribution is 2.21. The van der Waals surface area contributed by atoms with Crippen molar-refractivity contribution in [1.29, 1.82) is 0 Å². The van der Waals surface area contributed by atoms with Crippen LogP contribution in [0.5, 0.6) is 5.75 Å². The van der Waals surface area contributed by atoms with Crippen molar-refractivity contribution in [1.82, 2.24) is 0 Å². The minimum absolute atomic E-state index is 0.0102. The number of esters is 1. The smallest absolute Gasteiger partial charge is 0.339 e. The fraction of sp³-hybridized carbons (Fsp3) is 0.176. The molecule has 1 amide bonds. The molecule has 2 aromatic carbocycles. The van der Waals surface area contributed by atoms with E-state index in [1.807, 2.05) is 0 Å². The summed E-state index contributed by atoms with van der Waals surface area (Å²) in [5.74, 6) is -2.06. The maximum Gasteiger partial charge on any atom is 0.339 e. The van der Waals surface area contributed by atoms with Crippen LogP contribution in [0.4, 0.5) is 10.1 Å². The Morgan fingerprint density at radius 2 is 1.92 bits per heavy atom. The molecule has 0 aromatic heterocycles. The predicted molar refractivity (Wildman–Crippen MR) is 87.9 cm³/mol. The molecule has 2 rings (SSSR count). The maximum atomic E-state index is 13.6. The standard InChI is InChI=1S/C17H15ClFNO4/c1-10(16(21)20-14-6-4-3-5-12(14)18)24-17(22)11-7-8-15(23-2)13(19)9-11/h3-10H,1-2H3,(H,20,21)/t10-/m1/s1. The van der Waals surface area contributed by atoms with E-state index < -0.39 is 23.8 Å². The fourth-order valence-electron chi connectivity index (χ4n) is 1.87. The molecule has 0 heterocycles. The summed E-state index contributed by atoms with van der Waals surface area (Å²) in [5.41, 5.74) is 0.383. The highest BCUT2D eigenvalue weighted by Gasteiger charge is 2.20. The first-order valence-electron chi connectivity index (χ1n) is 7.02. The SMILES string of the molecule is COc1ccc(C(=O)O[C@H](C)C(=O)Nc2ccccc2Cl)cc1F. The fourth-order valence-corrected chi connectivity index (χ4v) is 2.06. The zero-order valence-electron chi connectivity index (χ0n) is 13.0. The van der Waals surface area contributed by atoms with Gasteiger partial charge in [0, 0.05) is 0 Å². The molecule has 126 valence electrons. The van der Waals surface area contributed by atoms with Crippen LogP contribution < -0.4 is 10.1 Å². The van der Waals surface area contributed by atoms with Crippen molar-refractivity contribution in [2.24, 2.45) is 0 Å². The lowest BCUT2D eigenvalue weighted by Gasteiger charge is -2.14. The van der Waals surface area contributed by atoms with E-state index in [9.17, 15) is 14.0 Å². The molecular formula is C17H15ClFNO4. The molecule has 0 fully saturated rings. The van der Waals surface area contributed by atoms with E-state index >= 15 is 0 Å². The van der Waals surface area contributed by atoms with Gasteiger partial charge in [-0.3, -0.25) is 4.79 Å². The predicted octanol–water partition coefficient (Wildman–Crippen LogP) is 3.67. The first-order valence-corrected chi connectivity index (χ1v) is 7.40. The molecule has 0 saturated carbocycles. The lowest BCUT2D eigenvalue weighted by molar-refractivity contribution is -0.123. The van der Waals surface area contributed by atoms with Crippen LogP contribution in [0.15, 0.2) is 42.5 Å². The topological polar surface area (TPSA) is 64.6 Å². The van der Waals surface area contributed by atoms with Crippen LogP contribution in [0.1, 0.15) is 17.3 Å². The Kier molecular flexibility index (Phi) is 5.76. The number of benzene rings is 2. The molecule has 0 aliphatic heterocycles. The van der Waals surface area contributed by atoms with Gasteiger partial charge in [0.15, 0.2) is 17.7 Å². The van der Waals surface area contributed by atoms with Crippen molar-refractivity contribution < 1.29 is 23.5 Å². The van der Waals surface area contributed by atoms with Gasteiger partial charge in [0.05, 0.1) is 23.4 Å². The summed E-state index contributed by atoms with van der Waals surface area (Å²) in [7, 11) is 1.32. The van der Waals surface area contributed by atoms with E-state index in [0.29, 0.717) is 10.7 Å². The number of anilines is 1. The lowest BCUT2D eigenvalue weighted by Crippen LogP contribution is -2.30. The van der Waals surface area contributed by atoms with E-state index in [-0.39, 0.29) is 11.3 Å². The Labute approximate surface area is 143 Å². The second-order valence-corrected chi connectivity index (χ2v) is 5.27. The number of amides is 1. The van der Waals surface area contributed by atoms with Crippen molar-refractivity contribution in [2.75, 3.05) is 12.4 Å². The van der Waals surface area contributed by atoms with Gasteiger partial charge in [0.1, 0.15) is 0 Å². The quantitative estimate of drug-likeness (QED) is 0.835. The second kappa shape index (κ2) is 7.79. The average Bonchev–Trinajstić information content (AvgIpc) is 2.56. The highest BCUT2D eigenvalue weighted by atomic mass is 35.5. The molecule has 0 aliphatic carbocycles. The Hall–Kier alpha value is -2.60. The molecule has 7 heteroatoms. The number of ether oxygens (including phenoxy) is 2. The maximum absolute atomic E-state index is 13.6. The third kappa shape index (κ3) is 4.23. The number of carbonyl (C=O) groups is 2. The monoisotopic (exact) mass is 351 g/mol. The van der Waals surface area contributed by atoms with E-state index in [1.165, 1.54) is 26.2 Å². The summed E-state index contributed by atoms with van der Waals surface area (Å²) in [5, 5.41) is 2.92. The van der Waals surface area contributed by atoms with Crippen LogP contribution in [0.2, 0.25) is 5.02 Å². The normalized spacial score (nSPS) is 11.5. The summed E-state index contributed by atoms with van der Waals surface area (Å²) in [6.45, 7) is 1.41. The molecule has 0 spiro atoms. The Morgan fingerprint density at radius 3 is 2.54 bits per heavy atom. The molecule has 5 nitrogen and oxygen atoms in total. The van der Waals surface area contributed by atoms with Gasteiger partial charge in [0.25, 0.3) is 5.91 Å². The molecule has 2 aromatic rings. The van der Waals surface area contributed by atoms with Crippen LogP contribution >= 0.6 is 11.6 Å². The van der Waals surface area contributed by atoms with Crippen LogP contribution in [0.3, 0.4) is 0 Å². The van der Waals surface area contributed by atoms with E-state index in [4.69, 9.17) is 21.1 Å². The van der Waals surface area contributed by atoms with E-state index in [2.05, 4.69) is 5.32 Å². The van der Waals surface area contributed by atoms with Crippen molar-refractivity contribution in [3.63, 3.8) is 0 Å². The number of carbonyl (C=O) groups excluding carboxylic acids is 2. The van der Waals surface area contributed by atoms with Crippen LogP contribution in [0.25, 0.3) is 0 Å². The first kappa shape index (κ1) is 17.7. The van der Waals surface area contributed by atoms with Crippen molar-refractivity contribution >= 4 is 29.2 Å². The van der Waals surface area contributed by atoms with Crippen molar-refractivity contribution in [2.45, 2.75) is 13.0 Å². The molecule has 0 bridgehead atoms. The molecule has 1 N–H and O–H groups in total. The largest absolute Gasteiger partial charge is 0.494 e. The third-order valence-electron chi connectivity index (χ3n) is 3.17. The number of para-hydroxylation sites is 1. The molecule has 0 radical (unpaired) electrons. The van der Waals surface area contributed by atoms with Gasteiger partial charge in [0.2, 0.25) is 0 Å². The number of halogens is 2. The summed E-state index contributed by atoms with van der Waals surface area (Å²) >= 11 is 5.94. The molecule has 0 unspecified atom stereocenters. The number of nitrogens with one attached hydrogen (secondary N) is 1. The first-order chi connectivity index (χ1) is 11.4. The minimum Gasteiger partial charge on any atom is -0.494 e. The molecule has 1 atom stereocenters. The molecule has 0 saturated heterocycles. The summed E-state index contributed by atoms with van der Waals surface area (Å²) in [4.78, 5) is 24.1. The molecule has 24 heavy (non-hydrogen) atoms. The van der Waals surface area contributed by atoms with Crippen LogP contribution in [-0.4, -0.2) is 25.1 Å². The third-order valence-corrected chi connectivity index (χ3v) is 3.50. The van der Waals surface area contributed by atoms with Crippen molar-refractivity contribution in [3.8, 4) is 5.75 Å². The van der Waals surface area contributed by atoms with Gasteiger partial charge in [-0.25, -0.2) is 9.18 Å². The summed E-state index contributed by atoms with van der Waals surface area (Å²) in [6.07, 6.45) is -1.08. The summed E-state index contributed by atoms with van der Waals surface area (Å²) < 4.78 is 23.4. The van der Waals surface area contributed by atoms with Gasteiger partial charge < -0.3 is 14.8 Å². The van der Waals surface area contributed by atoms with Gasteiger partial charge >= 0.3 is 5.97 Å². The van der Waals surface area contributed by atoms with Gasteiger partial charge in [-0.15, -0.1) is 0 Å². The highest BCUT2D eigenvalue weighted by molar-refractivity contribution is 6.33. The number of hydrogen-bond donors (Lipinski definition) is 1.